The van der Waals surface area contributed by atoms with Crippen molar-refractivity contribution >= 4 is 37.7 Å². The molecule has 0 unspecified atom stereocenters. The summed E-state index contributed by atoms with van der Waals surface area (Å²) >= 11 is 0. The van der Waals surface area contributed by atoms with E-state index in [2.05, 4.69) is 0 Å². The van der Waals surface area contributed by atoms with Crippen LogP contribution < -0.4 is 0 Å². The van der Waals surface area contributed by atoms with Crippen molar-refractivity contribution < 1.29 is 13.1 Å². The van der Waals surface area contributed by atoms with Crippen LogP contribution in [0.4, 0.5) is 0 Å². The van der Waals surface area contributed by atoms with E-state index in [1.807, 2.05) is 0 Å². The van der Waals surface area contributed by atoms with Gasteiger partial charge in [-0.25, -0.2) is 0 Å². The normalized spacial score (nSPS) is 4.00. The van der Waals surface area contributed by atoms with Gasteiger partial charge in [-0.3, -0.25) is 0 Å². The molecule has 0 aliphatic heterocycles. The van der Waals surface area contributed by atoms with Crippen LogP contribution in [0.5, 0.6) is 0 Å². The maximum atomic E-state index is 7.57. The van der Waals surface area contributed by atoms with Crippen LogP contribution in [0.2, 0.25) is 0 Å². The number of aliphatic hydroxyl groups excluding tert-OH is 2. The SMILES string of the molecule is CCO.CO.[Ca+2].[H-].[H-]. The van der Waals surface area contributed by atoms with Crippen LogP contribution in [0.1, 0.15) is 9.78 Å². The van der Waals surface area contributed by atoms with E-state index in [0.29, 0.717) is 0 Å². The molecule has 38 valence electrons. The van der Waals surface area contributed by atoms with E-state index in [1.54, 1.807) is 6.92 Å². The molecule has 0 saturated heterocycles. The molecule has 0 aliphatic carbocycles. The first kappa shape index (κ1) is 15.7. The number of aliphatic hydroxyl groups is 2. The van der Waals surface area contributed by atoms with Crippen molar-refractivity contribution in [3.05, 3.63) is 0 Å². The predicted molar refractivity (Wildman–Crippen MR) is 28.9 cm³/mol. The van der Waals surface area contributed by atoms with Crippen LogP contribution in [0.25, 0.3) is 0 Å². The Morgan fingerprint density at radius 2 is 1.50 bits per heavy atom. The average Bonchev–Trinajstić information content (AvgIpc) is 1.46. The van der Waals surface area contributed by atoms with E-state index in [0.717, 1.165) is 7.11 Å². The van der Waals surface area contributed by atoms with E-state index >= 15 is 0 Å². The Bertz CT molecular complexity index is 15.2. The summed E-state index contributed by atoms with van der Waals surface area (Å²) in [5.74, 6) is 0. The molecule has 0 heterocycles. The van der Waals surface area contributed by atoms with E-state index in [-0.39, 0.29) is 47.2 Å². The molecule has 0 aromatic rings. The zero-order valence-electron chi connectivity index (χ0n) is 6.31. The summed E-state index contributed by atoms with van der Waals surface area (Å²) < 4.78 is 0. The summed E-state index contributed by atoms with van der Waals surface area (Å²) in [4.78, 5) is 0. The van der Waals surface area contributed by atoms with Gasteiger partial charge in [0.2, 0.25) is 0 Å². The van der Waals surface area contributed by atoms with Crippen molar-refractivity contribution in [2.45, 2.75) is 6.92 Å². The summed E-state index contributed by atoms with van der Waals surface area (Å²) in [7, 11) is 1.00. The van der Waals surface area contributed by atoms with Crippen LogP contribution in [-0.4, -0.2) is 61.7 Å². The molecule has 0 spiro atoms. The summed E-state index contributed by atoms with van der Waals surface area (Å²) in [6.07, 6.45) is 0. The van der Waals surface area contributed by atoms with Crippen molar-refractivity contribution in [1.82, 2.24) is 0 Å². The van der Waals surface area contributed by atoms with Gasteiger partial charge < -0.3 is 13.1 Å². The number of hydrogen-bond acceptors (Lipinski definition) is 2. The third-order valence-electron chi connectivity index (χ3n) is 0. The molecule has 0 saturated carbocycles. The molecule has 0 amide bonds. The molecule has 0 aromatic carbocycles. The number of rotatable bonds is 0. The Hall–Kier alpha value is 1.18. The minimum Gasteiger partial charge on any atom is -1.00 e. The summed E-state index contributed by atoms with van der Waals surface area (Å²) in [5.41, 5.74) is 0. The van der Waals surface area contributed by atoms with E-state index in [4.69, 9.17) is 10.2 Å². The fourth-order valence-corrected chi connectivity index (χ4v) is 0. The number of hydrogen-bond donors (Lipinski definition) is 2. The summed E-state index contributed by atoms with van der Waals surface area (Å²) in [5, 5.41) is 14.6. The van der Waals surface area contributed by atoms with Gasteiger partial charge in [0.15, 0.2) is 0 Å². The van der Waals surface area contributed by atoms with Crippen molar-refractivity contribution in [3.8, 4) is 0 Å². The van der Waals surface area contributed by atoms with Crippen LogP contribution in [0.3, 0.4) is 0 Å². The maximum Gasteiger partial charge on any atom is 2.00 e. The molecular formula is C3H12CaO2. The minimum absolute atomic E-state index is 0. The molecule has 3 heteroatoms. The van der Waals surface area contributed by atoms with Gasteiger partial charge in [0.05, 0.1) is 0 Å². The summed E-state index contributed by atoms with van der Waals surface area (Å²) in [6, 6.07) is 0. The molecule has 6 heavy (non-hydrogen) atoms. The zero-order chi connectivity index (χ0) is 4.71. The van der Waals surface area contributed by atoms with Crippen molar-refractivity contribution in [2.24, 2.45) is 0 Å². The fraction of sp³-hybridized carbons (Fsp3) is 1.00. The fourth-order valence-electron chi connectivity index (χ4n) is 0. The maximum absolute atomic E-state index is 7.57. The van der Waals surface area contributed by atoms with Gasteiger partial charge in [-0.1, -0.05) is 0 Å². The molecule has 0 bridgehead atoms. The Kier molecular flexibility index (Phi) is 91.3. The van der Waals surface area contributed by atoms with Crippen molar-refractivity contribution in [3.63, 3.8) is 0 Å². The van der Waals surface area contributed by atoms with Gasteiger partial charge in [-0.05, 0) is 6.92 Å². The quantitative estimate of drug-likeness (QED) is 0.421. The Balaban J connectivity index is -0.00000000567. The van der Waals surface area contributed by atoms with Crippen LogP contribution in [0.15, 0.2) is 0 Å². The Morgan fingerprint density at radius 1 is 1.50 bits per heavy atom. The summed E-state index contributed by atoms with van der Waals surface area (Å²) in [6.45, 7) is 1.93. The second-order valence-electron chi connectivity index (χ2n) is 0.316. The van der Waals surface area contributed by atoms with Crippen LogP contribution in [-0.2, 0) is 0 Å². The smallest absolute Gasteiger partial charge is 1.00 e. The van der Waals surface area contributed by atoms with Gasteiger partial charge >= 0.3 is 37.7 Å². The first-order valence-electron chi connectivity index (χ1n) is 1.47. The van der Waals surface area contributed by atoms with Gasteiger partial charge in [0, 0.05) is 13.7 Å². The third kappa shape index (κ3) is 65.0. The van der Waals surface area contributed by atoms with Crippen molar-refractivity contribution in [2.75, 3.05) is 13.7 Å². The zero-order valence-corrected chi connectivity index (χ0v) is 6.52. The second-order valence-corrected chi connectivity index (χ2v) is 0.316. The van der Waals surface area contributed by atoms with Gasteiger partial charge in [0.1, 0.15) is 0 Å². The predicted octanol–water partition coefficient (Wildman–Crippen LogP) is -0.549. The molecule has 0 aliphatic rings. The molecule has 0 rings (SSSR count). The first-order valence-corrected chi connectivity index (χ1v) is 1.47. The van der Waals surface area contributed by atoms with Gasteiger partial charge in [-0.2, -0.15) is 0 Å². The largest absolute Gasteiger partial charge is 2.00 e. The van der Waals surface area contributed by atoms with Crippen LogP contribution in [0, 0.1) is 0 Å². The third-order valence-corrected chi connectivity index (χ3v) is 0. The molecule has 2 N–H and O–H groups in total. The van der Waals surface area contributed by atoms with E-state index < -0.39 is 0 Å². The standard InChI is InChI=1S/C2H6O.CH4O.Ca.2H/c1-2-3;1-2;;;/h3H,2H2,1H3;2H,1H3;;;/q;;+2;2*-1. The molecule has 0 atom stereocenters. The van der Waals surface area contributed by atoms with E-state index in [1.165, 1.54) is 0 Å². The van der Waals surface area contributed by atoms with E-state index in [9.17, 15) is 0 Å². The second kappa shape index (κ2) is 34.9. The first-order chi connectivity index (χ1) is 2.41. The molecule has 2 nitrogen and oxygen atoms in total. The van der Waals surface area contributed by atoms with Crippen LogP contribution >= 0.6 is 0 Å². The van der Waals surface area contributed by atoms with Crippen molar-refractivity contribution in [1.29, 1.82) is 0 Å². The Labute approximate surface area is 71.1 Å². The average molecular weight is 120 g/mol. The molecular weight excluding hydrogens is 108 g/mol. The Morgan fingerprint density at radius 3 is 1.50 bits per heavy atom. The molecule has 0 aromatic heterocycles. The van der Waals surface area contributed by atoms with Gasteiger partial charge in [-0.15, -0.1) is 0 Å². The minimum atomic E-state index is 0. The van der Waals surface area contributed by atoms with Gasteiger partial charge in [0.25, 0.3) is 0 Å². The topological polar surface area (TPSA) is 40.5 Å². The monoisotopic (exact) mass is 120 g/mol. The molecule has 0 fully saturated rings. The molecule has 0 radical (unpaired) electrons.